The molecule has 2 rings (SSSR count). The minimum Gasteiger partial charge on any atom is -0.369 e. The van der Waals surface area contributed by atoms with Crippen molar-refractivity contribution in [2.45, 2.75) is 31.9 Å². The highest BCUT2D eigenvalue weighted by atomic mass is 19.4. The fraction of sp³-hybridized carbons (Fsp3) is 0.588. The van der Waals surface area contributed by atoms with Crippen molar-refractivity contribution in [1.82, 2.24) is 4.90 Å². The quantitative estimate of drug-likeness (QED) is 0.564. The van der Waals surface area contributed by atoms with E-state index in [-0.39, 0.29) is 0 Å². The van der Waals surface area contributed by atoms with Gasteiger partial charge in [-0.05, 0) is 37.6 Å². The topological polar surface area (TPSA) is 23.6 Å². The van der Waals surface area contributed by atoms with Crippen LogP contribution in [0.5, 0.6) is 0 Å². The van der Waals surface area contributed by atoms with Crippen molar-refractivity contribution in [3.63, 3.8) is 0 Å². The number of alkyl halides is 3. The Kier molecular flexibility index (Phi) is 6.45. The van der Waals surface area contributed by atoms with Crippen LogP contribution in [0.2, 0.25) is 0 Å². The molecule has 0 amide bonds. The zero-order chi connectivity index (χ0) is 16.7. The van der Waals surface area contributed by atoms with Gasteiger partial charge in [0, 0.05) is 38.3 Å². The number of hydrogen-bond acceptors (Lipinski definition) is 3. The van der Waals surface area contributed by atoms with Crippen LogP contribution in [0.3, 0.4) is 0 Å². The highest BCUT2D eigenvalue weighted by Gasteiger charge is 2.31. The third kappa shape index (κ3) is 5.53. The van der Waals surface area contributed by atoms with E-state index in [0.717, 1.165) is 64.3 Å². The monoisotopic (exact) mass is 328 g/mol. The Labute approximate surface area is 135 Å². The first-order chi connectivity index (χ1) is 11.0. The van der Waals surface area contributed by atoms with Gasteiger partial charge in [-0.25, -0.2) is 0 Å². The zero-order valence-corrected chi connectivity index (χ0v) is 13.2. The normalized spacial score (nSPS) is 16.6. The highest BCUT2D eigenvalue weighted by Crippen LogP contribution is 2.31. The van der Waals surface area contributed by atoms with E-state index in [1.165, 1.54) is 12.1 Å². The second-order valence-corrected chi connectivity index (χ2v) is 5.89. The lowest BCUT2D eigenvalue weighted by Crippen LogP contribution is -2.46. The van der Waals surface area contributed by atoms with Crippen molar-refractivity contribution in [1.29, 1.82) is 0 Å². The third-order valence-corrected chi connectivity index (χ3v) is 4.21. The number of piperazine rings is 1. The Hall–Kier alpha value is -1.56. The Bertz CT molecular complexity index is 497. The minimum absolute atomic E-state index is 0.590. The molecule has 23 heavy (non-hydrogen) atoms. The van der Waals surface area contributed by atoms with Crippen LogP contribution in [-0.2, 0) is 11.0 Å². The van der Waals surface area contributed by atoms with Crippen molar-refractivity contribution in [3.8, 4) is 0 Å². The number of aldehydes is 1. The van der Waals surface area contributed by atoms with Crippen LogP contribution >= 0.6 is 0 Å². The third-order valence-electron chi connectivity index (χ3n) is 4.21. The summed E-state index contributed by atoms with van der Waals surface area (Å²) in [5.74, 6) is 0. The van der Waals surface area contributed by atoms with E-state index in [4.69, 9.17) is 0 Å². The molecule has 128 valence electrons. The standard InChI is InChI=1S/C17H23F3N2O/c18-17(19,20)15-6-5-7-16(14-15)22-11-9-21(10-12-22)8-3-1-2-4-13-23/h5-7,13-14H,1-4,8-12H2. The smallest absolute Gasteiger partial charge is 0.369 e. The highest BCUT2D eigenvalue weighted by molar-refractivity contribution is 5.50. The molecule has 3 nitrogen and oxygen atoms in total. The van der Waals surface area contributed by atoms with E-state index >= 15 is 0 Å². The number of unbranched alkanes of at least 4 members (excludes halogenated alkanes) is 3. The molecule has 1 saturated heterocycles. The van der Waals surface area contributed by atoms with Gasteiger partial charge < -0.3 is 9.69 Å². The molecule has 1 aliphatic rings. The fourth-order valence-electron chi connectivity index (χ4n) is 2.85. The van der Waals surface area contributed by atoms with E-state index in [1.807, 2.05) is 4.90 Å². The number of rotatable bonds is 7. The van der Waals surface area contributed by atoms with Crippen LogP contribution in [0.15, 0.2) is 24.3 Å². The van der Waals surface area contributed by atoms with Gasteiger partial charge in [-0.1, -0.05) is 12.5 Å². The van der Waals surface area contributed by atoms with Crippen LogP contribution in [-0.4, -0.2) is 43.9 Å². The van der Waals surface area contributed by atoms with Gasteiger partial charge in [-0.2, -0.15) is 13.2 Å². The maximum absolute atomic E-state index is 12.8. The maximum atomic E-state index is 12.8. The number of carbonyl (C=O) groups is 1. The molecule has 0 bridgehead atoms. The Balaban J connectivity index is 1.79. The van der Waals surface area contributed by atoms with Gasteiger partial charge in [0.2, 0.25) is 0 Å². The van der Waals surface area contributed by atoms with Crippen molar-refractivity contribution in [2.75, 3.05) is 37.6 Å². The molecule has 1 aromatic rings. The number of nitrogens with zero attached hydrogens (tertiary/aromatic N) is 2. The van der Waals surface area contributed by atoms with Gasteiger partial charge >= 0.3 is 6.18 Å². The van der Waals surface area contributed by atoms with Gasteiger partial charge in [0.25, 0.3) is 0 Å². The predicted molar refractivity (Wildman–Crippen MR) is 84.6 cm³/mol. The summed E-state index contributed by atoms with van der Waals surface area (Å²) < 4.78 is 38.3. The lowest BCUT2D eigenvalue weighted by Gasteiger charge is -2.36. The summed E-state index contributed by atoms with van der Waals surface area (Å²) in [5.41, 5.74) is 0.0538. The summed E-state index contributed by atoms with van der Waals surface area (Å²) in [6.45, 7) is 4.22. The number of hydrogen-bond donors (Lipinski definition) is 0. The molecular formula is C17H23F3N2O. The van der Waals surface area contributed by atoms with E-state index in [1.54, 1.807) is 6.07 Å². The van der Waals surface area contributed by atoms with Crippen LogP contribution < -0.4 is 4.90 Å². The van der Waals surface area contributed by atoms with E-state index in [9.17, 15) is 18.0 Å². The summed E-state index contributed by atoms with van der Waals surface area (Å²) >= 11 is 0. The van der Waals surface area contributed by atoms with Gasteiger partial charge in [-0.15, -0.1) is 0 Å². The van der Waals surface area contributed by atoms with Gasteiger partial charge in [0.15, 0.2) is 0 Å². The average molecular weight is 328 g/mol. The SMILES string of the molecule is O=CCCCCCN1CCN(c2cccc(C(F)(F)F)c2)CC1. The molecule has 1 aliphatic heterocycles. The van der Waals surface area contributed by atoms with Crippen LogP contribution in [0.1, 0.15) is 31.2 Å². The minimum atomic E-state index is -4.29. The van der Waals surface area contributed by atoms with Crippen molar-refractivity contribution < 1.29 is 18.0 Å². The maximum Gasteiger partial charge on any atom is 0.416 e. The zero-order valence-electron chi connectivity index (χ0n) is 13.2. The fourth-order valence-corrected chi connectivity index (χ4v) is 2.85. The first-order valence-corrected chi connectivity index (χ1v) is 8.09. The molecule has 1 heterocycles. The molecule has 0 aliphatic carbocycles. The predicted octanol–water partition coefficient (Wildman–Crippen LogP) is 3.59. The van der Waals surface area contributed by atoms with Gasteiger partial charge in [-0.3, -0.25) is 4.90 Å². The molecule has 0 atom stereocenters. The largest absolute Gasteiger partial charge is 0.416 e. The van der Waals surface area contributed by atoms with E-state index in [2.05, 4.69) is 4.90 Å². The molecule has 0 unspecified atom stereocenters. The van der Waals surface area contributed by atoms with Crippen LogP contribution in [0, 0.1) is 0 Å². The molecule has 6 heteroatoms. The molecule has 0 saturated carbocycles. The second-order valence-electron chi connectivity index (χ2n) is 5.89. The number of anilines is 1. The van der Waals surface area contributed by atoms with E-state index in [0.29, 0.717) is 12.1 Å². The van der Waals surface area contributed by atoms with Gasteiger partial charge in [0.1, 0.15) is 6.29 Å². The van der Waals surface area contributed by atoms with Crippen LogP contribution in [0.25, 0.3) is 0 Å². The van der Waals surface area contributed by atoms with Crippen molar-refractivity contribution >= 4 is 12.0 Å². The summed E-state index contributed by atoms with van der Waals surface area (Å²) in [6.07, 6.45) is 0.341. The van der Waals surface area contributed by atoms with E-state index < -0.39 is 11.7 Å². The van der Waals surface area contributed by atoms with Gasteiger partial charge in [0.05, 0.1) is 5.56 Å². The second kappa shape index (κ2) is 8.34. The molecule has 1 aromatic carbocycles. The number of carbonyl (C=O) groups excluding carboxylic acids is 1. The summed E-state index contributed by atoms with van der Waals surface area (Å²) in [5, 5.41) is 0. The first kappa shape index (κ1) is 17.8. The number of benzene rings is 1. The molecule has 0 radical (unpaired) electrons. The molecule has 0 aromatic heterocycles. The van der Waals surface area contributed by atoms with Crippen molar-refractivity contribution in [3.05, 3.63) is 29.8 Å². The first-order valence-electron chi connectivity index (χ1n) is 8.09. The van der Waals surface area contributed by atoms with Crippen LogP contribution in [0.4, 0.5) is 18.9 Å². The average Bonchev–Trinajstić information content (AvgIpc) is 2.55. The number of halogens is 3. The lowest BCUT2D eigenvalue weighted by atomic mass is 10.1. The molecular weight excluding hydrogens is 305 g/mol. The molecule has 0 spiro atoms. The Morgan fingerprint density at radius 3 is 2.43 bits per heavy atom. The Morgan fingerprint density at radius 1 is 1.04 bits per heavy atom. The summed E-state index contributed by atoms with van der Waals surface area (Å²) in [6, 6.07) is 5.55. The Morgan fingerprint density at radius 2 is 1.78 bits per heavy atom. The molecule has 0 N–H and O–H groups in total. The van der Waals surface area contributed by atoms with Crippen molar-refractivity contribution in [2.24, 2.45) is 0 Å². The molecule has 1 fully saturated rings. The lowest BCUT2D eigenvalue weighted by molar-refractivity contribution is -0.137. The summed E-state index contributed by atoms with van der Waals surface area (Å²) in [4.78, 5) is 14.6. The summed E-state index contributed by atoms with van der Waals surface area (Å²) in [7, 11) is 0.